The molecule has 2 heterocycles. The Bertz CT molecular complexity index is 801. The minimum absolute atomic E-state index is 0.582. The fraction of sp³-hybridized carbons (Fsp3) is 0.222. The molecule has 1 aliphatic heterocycles. The van der Waals surface area contributed by atoms with Crippen molar-refractivity contribution in [2.45, 2.75) is 6.92 Å². The number of nitrogens with zero attached hydrogens (tertiary/aromatic N) is 3. The van der Waals surface area contributed by atoms with Crippen molar-refractivity contribution < 1.29 is 4.74 Å². The van der Waals surface area contributed by atoms with Crippen LogP contribution in [0.2, 0.25) is 0 Å². The maximum absolute atomic E-state index is 9.39. The topological polar surface area (TPSA) is 60.6 Å². The molecule has 1 aromatic carbocycles. The Hall–Kier alpha value is -2.78. The Labute approximate surface area is 145 Å². The molecule has 0 aliphatic carbocycles. The predicted molar refractivity (Wildman–Crippen MR) is 97.5 cm³/mol. The normalized spacial score (nSPS) is 14.7. The van der Waals surface area contributed by atoms with E-state index in [0.717, 1.165) is 27.7 Å². The van der Waals surface area contributed by atoms with Crippen molar-refractivity contribution >= 4 is 22.7 Å². The van der Waals surface area contributed by atoms with E-state index < -0.39 is 0 Å². The largest absolute Gasteiger partial charge is 0.497 e. The van der Waals surface area contributed by atoms with E-state index in [-0.39, 0.29) is 0 Å². The monoisotopic (exact) mass is 338 g/mol. The maximum atomic E-state index is 9.39. The first kappa shape index (κ1) is 16.1. The third-order valence-corrected chi connectivity index (χ3v) is 4.85. The molecule has 0 amide bonds. The van der Waals surface area contributed by atoms with Gasteiger partial charge in [0.25, 0.3) is 0 Å². The van der Waals surface area contributed by atoms with Gasteiger partial charge in [0.15, 0.2) is 0 Å². The number of ether oxygens (including phenoxy) is 1. The average Bonchev–Trinajstić information content (AvgIpc) is 3.29. The van der Waals surface area contributed by atoms with Crippen molar-refractivity contribution in [3.63, 3.8) is 0 Å². The molecule has 24 heavy (non-hydrogen) atoms. The first-order valence-electron chi connectivity index (χ1n) is 7.56. The van der Waals surface area contributed by atoms with E-state index in [1.807, 2.05) is 48.7 Å². The van der Waals surface area contributed by atoms with E-state index in [1.165, 1.54) is 0 Å². The molecule has 5 nitrogen and oxygen atoms in total. The molecule has 1 N–H and O–H groups in total. The van der Waals surface area contributed by atoms with Gasteiger partial charge in [-0.3, -0.25) is 5.43 Å². The summed E-state index contributed by atoms with van der Waals surface area (Å²) in [5.41, 5.74) is 6.62. The number of thiophene rings is 1. The van der Waals surface area contributed by atoms with Gasteiger partial charge < -0.3 is 9.64 Å². The number of rotatable bonds is 5. The van der Waals surface area contributed by atoms with Crippen LogP contribution >= 0.6 is 11.3 Å². The fourth-order valence-corrected chi connectivity index (χ4v) is 3.18. The van der Waals surface area contributed by atoms with Gasteiger partial charge in [0.1, 0.15) is 5.75 Å². The zero-order chi connectivity index (χ0) is 16.9. The van der Waals surface area contributed by atoms with Crippen LogP contribution in [0.3, 0.4) is 0 Å². The minimum atomic E-state index is 0.582. The van der Waals surface area contributed by atoms with Crippen molar-refractivity contribution in [3.05, 3.63) is 57.9 Å². The predicted octanol–water partition coefficient (Wildman–Crippen LogP) is 3.37. The first-order chi connectivity index (χ1) is 11.7. The smallest absolute Gasteiger partial charge is 0.119 e. The summed E-state index contributed by atoms with van der Waals surface area (Å²) in [5, 5.41) is 15.8. The molecule has 0 saturated carbocycles. The lowest BCUT2D eigenvalue weighted by Crippen LogP contribution is -2.22. The van der Waals surface area contributed by atoms with Crippen molar-refractivity contribution in [2.24, 2.45) is 5.10 Å². The van der Waals surface area contributed by atoms with E-state index in [4.69, 9.17) is 4.74 Å². The van der Waals surface area contributed by atoms with Crippen LogP contribution in [-0.4, -0.2) is 25.9 Å². The highest BCUT2D eigenvalue weighted by atomic mass is 32.1. The van der Waals surface area contributed by atoms with Crippen LogP contribution in [0.4, 0.5) is 5.69 Å². The van der Waals surface area contributed by atoms with Gasteiger partial charge in [-0.05, 0) is 42.6 Å². The molecule has 0 spiro atoms. The van der Waals surface area contributed by atoms with Crippen molar-refractivity contribution in [2.75, 3.05) is 25.1 Å². The number of methoxy groups -OCH3 is 1. The highest BCUT2D eigenvalue weighted by Gasteiger charge is 2.22. The van der Waals surface area contributed by atoms with Gasteiger partial charge in [-0.2, -0.15) is 10.4 Å². The molecule has 0 saturated heterocycles. The van der Waals surface area contributed by atoms with Gasteiger partial charge >= 0.3 is 0 Å². The van der Waals surface area contributed by atoms with Gasteiger partial charge in [-0.15, -0.1) is 11.3 Å². The molecule has 2 aromatic rings. The van der Waals surface area contributed by atoms with E-state index in [1.54, 1.807) is 18.4 Å². The molecular formula is C18H18N4OS. The molecule has 1 aromatic heterocycles. The third kappa shape index (κ3) is 3.42. The lowest BCUT2D eigenvalue weighted by molar-refractivity contribution is 0.415. The molecule has 0 fully saturated rings. The summed E-state index contributed by atoms with van der Waals surface area (Å²) in [6.45, 7) is 3.18. The quantitative estimate of drug-likeness (QED) is 0.671. The van der Waals surface area contributed by atoms with Gasteiger partial charge in [-0.1, -0.05) is 6.07 Å². The lowest BCUT2D eigenvalue weighted by atomic mass is 10.2. The molecule has 1 aliphatic rings. The third-order valence-electron chi connectivity index (χ3n) is 3.87. The van der Waals surface area contributed by atoms with Crippen LogP contribution in [-0.2, 0) is 0 Å². The first-order valence-corrected chi connectivity index (χ1v) is 8.44. The van der Waals surface area contributed by atoms with E-state index in [2.05, 4.69) is 21.5 Å². The lowest BCUT2D eigenvalue weighted by Gasteiger charge is -2.18. The summed E-state index contributed by atoms with van der Waals surface area (Å²) in [7, 11) is 1.65. The Balaban J connectivity index is 1.71. The van der Waals surface area contributed by atoms with Crippen molar-refractivity contribution in [1.29, 1.82) is 5.26 Å². The molecule has 122 valence electrons. The molecular weight excluding hydrogens is 320 g/mol. The standard InChI is InChI=1S/C18H18N4OS/c1-13(18-4-3-9-24-18)20-21-17-12-22(11-14(17)10-19)15-5-7-16(23-2)8-6-15/h3-9,21H,11-12H2,1-2H3. The molecule has 0 bridgehead atoms. The van der Waals surface area contributed by atoms with Crippen molar-refractivity contribution in [3.8, 4) is 11.8 Å². The zero-order valence-corrected chi connectivity index (χ0v) is 14.4. The summed E-state index contributed by atoms with van der Waals surface area (Å²) in [4.78, 5) is 3.25. The zero-order valence-electron chi connectivity index (χ0n) is 13.6. The summed E-state index contributed by atoms with van der Waals surface area (Å²) in [5.74, 6) is 0.820. The number of hydrogen-bond acceptors (Lipinski definition) is 6. The van der Waals surface area contributed by atoms with Crippen LogP contribution in [0.1, 0.15) is 11.8 Å². The fourth-order valence-electron chi connectivity index (χ4n) is 2.50. The number of anilines is 1. The molecule has 0 unspecified atom stereocenters. The van der Waals surface area contributed by atoms with Crippen LogP contribution in [0.5, 0.6) is 5.75 Å². The number of nitriles is 1. The van der Waals surface area contributed by atoms with Crippen molar-refractivity contribution in [1.82, 2.24) is 5.43 Å². The van der Waals surface area contributed by atoms with E-state index >= 15 is 0 Å². The second-order valence-electron chi connectivity index (χ2n) is 5.41. The van der Waals surface area contributed by atoms with Crippen LogP contribution in [0.15, 0.2) is 58.1 Å². The van der Waals surface area contributed by atoms with Crippen LogP contribution in [0.25, 0.3) is 0 Å². The van der Waals surface area contributed by atoms with Gasteiger partial charge in [-0.25, -0.2) is 0 Å². The van der Waals surface area contributed by atoms with Crippen LogP contribution < -0.4 is 15.1 Å². The second kappa shape index (κ2) is 7.20. The Kier molecular flexibility index (Phi) is 4.82. The molecule has 3 rings (SSSR count). The Morgan fingerprint density at radius 3 is 2.71 bits per heavy atom. The Morgan fingerprint density at radius 1 is 1.29 bits per heavy atom. The summed E-state index contributed by atoms with van der Waals surface area (Å²) < 4.78 is 5.19. The SMILES string of the molecule is COc1ccc(N2CC(C#N)=C(NN=C(C)c3cccs3)C2)cc1. The second-order valence-corrected chi connectivity index (χ2v) is 6.36. The number of nitrogens with one attached hydrogen (secondary N) is 1. The number of hydrazone groups is 1. The van der Waals surface area contributed by atoms with Gasteiger partial charge in [0.05, 0.1) is 43.3 Å². The maximum Gasteiger partial charge on any atom is 0.119 e. The van der Waals surface area contributed by atoms with Crippen LogP contribution in [0, 0.1) is 11.3 Å². The summed E-state index contributed by atoms with van der Waals surface area (Å²) in [6.07, 6.45) is 0. The number of benzene rings is 1. The summed E-state index contributed by atoms with van der Waals surface area (Å²) in [6, 6.07) is 14.1. The van der Waals surface area contributed by atoms with E-state index in [0.29, 0.717) is 18.7 Å². The Morgan fingerprint density at radius 2 is 2.08 bits per heavy atom. The van der Waals surface area contributed by atoms with Gasteiger partial charge in [0.2, 0.25) is 0 Å². The molecule has 6 heteroatoms. The van der Waals surface area contributed by atoms with Gasteiger partial charge in [0, 0.05) is 10.6 Å². The summed E-state index contributed by atoms with van der Waals surface area (Å²) >= 11 is 1.65. The molecule has 0 radical (unpaired) electrons. The highest BCUT2D eigenvalue weighted by Crippen LogP contribution is 2.25. The van der Waals surface area contributed by atoms with E-state index in [9.17, 15) is 5.26 Å². The number of hydrogen-bond donors (Lipinski definition) is 1. The average molecular weight is 338 g/mol. The molecule has 0 atom stereocenters. The minimum Gasteiger partial charge on any atom is -0.497 e. The highest BCUT2D eigenvalue weighted by molar-refractivity contribution is 7.12.